The van der Waals surface area contributed by atoms with Gasteiger partial charge >= 0.3 is 0 Å². The van der Waals surface area contributed by atoms with Crippen LogP contribution in [0.4, 0.5) is 0 Å². The van der Waals surface area contributed by atoms with Gasteiger partial charge in [0.05, 0.1) is 16.9 Å². The highest BCUT2D eigenvalue weighted by molar-refractivity contribution is 6.16. The van der Waals surface area contributed by atoms with Crippen LogP contribution in [0.2, 0.25) is 0 Å². The lowest BCUT2D eigenvalue weighted by Crippen LogP contribution is -2.08. The van der Waals surface area contributed by atoms with Crippen LogP contribution in [0, 0.1) is 6.92 Å². The molecule has 2 rings (SSSR count). The summed E-state index contributed by atoms with van der Waals surface area (Å²) in [4.78, 5) is 4.67. The lowest BCUT2D eigenvalue weighted by atomic mass is 10.1. The van der Waals surface area contributed by atoms with Gasteiger partial charge in [0, 0.05) is 6.04 Å². The van der Waals surface area contributed by atoms with Crippen LogP contribution in [0.15, 0.2) is 18.2 Å². The maximum Gasteiger partial charge on any atom is 0.125 e. The van der Waals surface area contributed by atoms with Crippen molar-refractivity contribution in [2.24, 2.45) is 0 Å². The Morgan fingerprint density at radius 1 is 1.32 bits per heavy atom. The average molecular weight is 279 g/mol. The normalized spacial score (nSPS) is 13.1. The number of hydrogen-bond acceptors (Lipinski definition) is 1. The summed E-state index contributed by atoms with van der Waals surface area (Å²) in [6.07, 6.45) is 5.02. The molecular weight excluding hydrogens is 256 g/mol. The minimum Gasteiger partial charge on any atom is -0.324 e. The second-order valence-corrected chi connectivity index (χ2v) is 5.64. The zero-order valence-electron chi connectivity index (χ0n) is 12.1. The number of rotatable bonds is 6. The van der Waals surface area contributed by atoms with E-state index in [1.165, 1.54) is 36.8 Å². The minimum atomic E-state index is 0.466. The first-order valence-corrected chi connectivity index (χ1v) is 7.74. The van der Waals surface area contributed by atoms with Crippen molar-refractivity contribution in [1.82, 2.24) is 9.55 Å². The maximum atomic E-state index is 6.07. The van der Waals surface area contributed by atoms with Crippen LogP contribution >= 0.6 is 11.6 Å². The quantitative estimate of drug-likeness (QED) is 0.523. The molecule has 1 heterocycles. The molecule has 0 aliphatic rings. The van der Waals surface area contributed by atoms with Crippen LogP contribution in [0.3, 0.4) is 0 Å². The fourth-order valence-electron chi connectivity index (χ4n) is 2.66. The van der Waals surface area contributed by atoms with Crippen LogP contribution in [0.25, 0.3) is 11.0 Å². The standard InChI is InChI=1S/C16H23ClN2/c1-4-5-6-7-13(3)19-15-9-8-12(2)10-14(15)18-16(19)11-17/h8-10,13H,4-7,11H2,1-3H3. The molecule has 1 aromatic heterocycles. The van der Waals surface area contributed by atoms with E-state index in [1.807, 2.05) is 0 Å². The Morgan fingerprint density at radius 2 is 2.11 bits per heavy atom. The Kier molecular flexibility index (Phi) is 4.87. The van der Waals surface area contributed by atoms with E-state index in [0.717, 1.165) is 11.3 Å². The van der Waals surface area contributed by atoms with E-state index in [4.69, 9.17) is 11.6 Å². The summed E-state index contributed by atoms with van der Waals surface area (Å²) in [7, 11) is 0. The number of fused-ring (bicyclic) bond motifs is 1. The zero-order chi connectivity index (χ0) is 13.8. The van der Waals surface area contributed by atoms with Crippen molar-refractivity contribution in [3.63, 3.8) is 0 Å². The number of aryl methyl sites for hydroxylation is 1. The highest BCUT2D eigenvalue weighted by Gasteiger charge is 2.14. The van der Waals surface area contributed by atoms with Crippen molar-refractivity contribution in [2.45, 2.75) is 58.4 Å². The molecule has 19 heavy (non-hydrogen) atoms. The van der Waals surface area contributed by atoms with E-state index < -0.39 is 0 Å². The van der Waals surface area contributed by atoms with Crippen molar-refractivity contribution in [3.05, 3.63) is 29.6 Å². The zero-order valence-corrected chi connectivity index (χ0v) is 12.9. The first-order chi connectivity index (χ1) is 9.17. The van der Waals surface area contributed by atoms with Crippen molar-refractivity contribution >= 4 is 22.6 Å². The summed E-state index contributed by atoms with van der Waals surface area (Å²) in [6, 6.07) is 6.93. The third-order valence-corrected chi connectivity index (χ3v) is 3.94. The highest BCUT2D eigenvalue weighted by Crippen LogP contribution is 2.26. The minimum absolute atomic E-state index is 0.466. The van der Waals surface area contributed by atoms with Crippen LogP contribution < -0.4 is 0 Å². The number of halogens is 1. The van der Waals surface area contributed by atoms with Gasteiger partial charge in [0.15, 0.2) is 0 Å². The number of unbranched alkanes of at least 4 members (excludes halogenated alkanes) is 2. The molecule has 0 fully saturated rings. The van der Waals surface area contributed by atoms with Gasteiger partial charge in [0.2, 0.25) is 0 Å². The second kappa shape index (κ2) is 6.42. The molecule has 0 saturated carbocycles. The lowest BCUT2D eigenvalue weighted by Gasteiger charge is -2.17. The number of aromatic nitrogens is 2. The summed E-state index contributed by atoms with van der Waals surface area (Å²) in [5, 5.41) is 0. The molecule has 0 N–H and O–H groups in total. The van der Waals surface area contributed by atoms with Gasteiger partial charge in [-0.15, -0.1) is 11.6 Å². The van der Waals surface area contributed by atoms with Crippen molar-refractivity contribution < 1.29 is 0 Å². The van der Waals surface area contributed by atoms with Gasteiger partial charge < -0.3 is 4.57 Å². The molecule has 0 saturated heterocycles. The van der Waals surface area contributed by atoms with Gasteiger partial charge in [-0.25, -0.2) is 4.98 Å². The predicted octanol–water partition coefficient (Wildman–Crippen LogP) is 5.22. The summed E-state index contributed by atoms with van der Waals surface area (Å²) < 4.78 is 2.32. The molecule has 1 atom stereocenters. The van der Waals surface area contributed by atoms with Gasteiger partial charge in [0.1, 0.15) is 5.82 Å². The van der Waals surface area contributed by atoms with E-state index in [0.29, 0.717) is 11.9 Å². The SMILES string of the molecule is CCCCCC(C)n1c(CCl)nc2cc(C)ccc21. The van der Waals surface area contributed by atoms with E-state index in [-0.39, 0.29) is 0 Å². The largest absolute Gasteiger partial charge is 0.324 e. The van der Waals surface area contributed by atoms with E-state index in [9.17, 15) is 0 Å². The van der Waals surface area contributed by atoms with E-state index >= 15 is 0 Å². The van der Waals surface area contributed by atoms with Crippen molar-refractivity contribution in [1.29, 1.82) is 0 Å². The molecule has 0 aliphatic heterocycles. The average Bonchev–Trinajstić information content (AvgIpc) is 2.76. The molecule has 2 aromatic rings. The predicted molar refractivity (Wildman–Crippen MR) is 82.9 cm³/mol. The lowest BCUT2D eigenvalue weighted by molar-refractivity contribution is 0.477. The van der Waals surface area contributed by atoms with Gasteiger partial charge in [0.25, 0.3) is 0 Å². The molecule has 0 spiro atoms. The van der Waals surface area contributed by atoms with Crippen molar-refractivity contribution in [3.8, 4) is 0 Å². The first kappa shape index (κ1) is 14.4. The van der Waals surface area contributed by atoms with Gasteiger partial charge in [-0.05, 0) is 38.0 Å². The van der Waals surface area contributed by atoms with Crippen LogP contribution in [0.1, 0.15) is 57.0 Å². The van der Waals surface area contributed by atoms with Crippen molar-refractivity contribution in [2.75, 3.05) is 0 Å². The molecule has 1 aromatic carbocycles. The Morgan fingerprint density at radius 3 is 2.79 bits per heavy atom. The molecule has 0 amide bonds. The number of benzene rings is 1. The molecular formula is C16H23ClN2. The second-order valence-electron chi connectivity index (χ2n) is 5.37. The van der Waals surface area contributed by atoms with Crippen LogP contribution in [-0.2, 0) is 5.88 Å². The maximum absolute atomic E-state index is 6.07. The Labute approximate surface area is 120 Å². The number of imidazole rings is 1. The number of alkyl halides is 1. The summed E-state index contributed by atoms with van der Waals surface area (Å²) >= 11 is 6.07. The Bertz CT molecular complexity index is 545. The molecule has 1 unspecified atom stereocenters. The summed E-state index contributed by atoms with van der Waals surface area (Å²) in [5.41, 5.74) is 3.53. The molecule has 0 radical (unpaired) electrons. The van der Waals surface area contributed by atoms with E-state index in [2.05, 4.69) is 48.5 Å². The molecule has 104 valence electrons. The number of hydrogen-bond donors (Lipinski definition) is 0. The highest BCUT2D eigenvalue weighted by atomic mass is 35.5. The van der Waals surface area contributed by atoms with E-state index in [1.54, 1.807) is 0 Å². The smallest absolute Gasteiger partial charge is 0.125 e. The van der Waals surface area contributed by atoms with Crippen LogP contribution in [0.5, 0.6) is 0 Å². The monoisotopic (exact) mass is 278 g/mol. The third kappa shape index (κ3) is 3.11. The Balaban J connectivity index is 2.34. The third-order valence-electron chi connectivity index (χ3n) is 3.70. The summed E-state index contributed by atoms with van der Waals surface area (Å²) in [6.45, 7) is 6.61. The topological polar surface area (TPSA) is 17.8 Å². The summed E-state index contributed by atoms with van der Waals surface area (Å²) in [5.74, 6) is 1.47. The van der Waals surface area contributed by atoms with Crippen LogP contribution in [-0.4, -0.2) is 9.55 Å². The van der Waals surface area contributed by atoms with Gasteiger partial charge in [-0.1, -0.05) is 32.3 Å². The fourth-order valence-corrected chi connectivity index (χ4v) is 2.85. The van der Waals surface area contributed by atoms with Gasteiger partial charge in [-0.3, -0.25) is 0 Å². The Hall–Kier alpha value is -1.02. The molecule has 3 heteroatoms. The first-order valence-electron chi connectivity index (χ1n) is 7.20. The molecule has 0 aliphatic carbocycles. The van der Waals surface area contributed by atoms with Gasteiger partial charge in [-0.2, -0.15) is 0 Å². The molecule has 0 bridgehead atoms. The number of nitrogens with zero attached hydrogens (tertiary/aromatic N) is 2. The molecule has 2 nitrogen and oxygen atoms in total. The fraction of sp³-hybridized carbons (Fsp3) is 0.562.